The zero-order valence-corrected chi connectivity index (χ0v) is 11.9. The van der Waals surface area contributed by atoms with Gasteiger partial charge in [-0.2, -0.15) is 0 Å². The number of fused-ring (bicyclic) bond motifs is 2. The van der Waals surface area contributed by atoms with Crippen LogP contribution < -0.4 is 5.32 Å². The van der Waals surface area contributed by atoms with E-state index < -0.39 is 0 Å². The fourth-order valence-corrected chi connectivity index (χ4v) is 2.95. The fraction of sp³-hybridized carbons (Fsp3) is 0.429. The molecule has 0 bridgehead atoms. The monoisotopic (exact) mass is 283 g/mol. The summed E-state index contributed by atoms with van der Waals surface area (Å²) in [6, 6.07) is 2.00. The molecule has 7 nitrogen and oxygen atoms in total. The van der Waals surface area contributed by atoms with E-state index in [-0.39, 0.29) is 0 Å². The highest BCUT2D eigenvalue weighted by atomic mass is 15.3. The Kier molecular flexibility index (Phi) is 2.83. The summed E-state index contributed by atoms with van der Waals surface area (Å²) < 4.78 is 2.22. The molecule has 0 fully saturated rings. The van der Waals surface area contributed by atoms with Crippen LogP contribution in [0.1, 0.15) is 18.1 Å². The topological polar surface area (TPSA) is 84.3 Å². The summed E-state index contributed by atoms with van der Waals surface area (Å²) in [5, 5.41) is 12.9. The van der Waals surface area contributed by atoms with Gasteiger partial charge in [0, 0.05) is 25.7 Å². The van der Waals surface area contributed by atoms with Gasteiger partial charge >= 0.3 is 0 Å². The van der Waals surface area contributed by atoms with Crippen molar-refractivity contribution in [3.05, 3.63) is 30.2 Å². The molecule has 0 spiro atoms. The molecule has 4 heterocycles. The van der Waals surface area contributed by atoms with Crippen molar-refractivity contribution in [2.24, 2.45) is 5.92 Å². The van der Waals surface area contributed by atoms with Gasteiger partial charge in [-0.25, -0.2) is 9.97 Å². The van der Waals surface area contributed by atoms with Gasteiger partial charge in [0.15, 0.2) is 0 Å². The van der Waals surface area contributed by atoms with Gasteiger partial charge in [0.05, 0.1) is 5.39 Å². The first-order valence-electron chi connectivity index (χ1n) is 7.22. The molecular weight excluding hydrogens is 266 g/mol. The quantitative estimate of drug-likeness (QED) is 0.761. The van der Waals surface area contributed by atoms with Gasteiger partial charge in [0.1, 0.15) is 29.4 Å². The summed E-state index contributed by atoms with van der Waals surface area (Å²) in [6.45, 7) is 3.89. The average Bonchev–Trinajstić information content (AvgIpc) is 3.12. The number of aromatic nitrogens is 6. The fourth-order valence-electron chi connectivity index (χ4n) is 2.95. The number of aryl methyl sites for hydroxylation is 2. The number of rotatable bonds is 3. The van der Waals surface area contributed by atoms with Gasteiger partial charge in [-0.15, -0.1) is 10.2 Å². The van der Waals surface area contributed by atoms with Crippen molar-refractivity contribution < 1.29 is 0 Å². The SMILES string of the molecule is Cc1nnc2n1CC(CNc1ncnc3[nH]ccc13)CC2. The first-order valence-corrected chi connectivity index (χ1v) is 7.22. The molecule has 0 amide bonds. The van der Waals surface area contributed by atoms with Crippen LogP contribution in [-0.4, -0.2) is 36.3 Å². The molecule has 1 atom stereocenters. The first kappa shape index (κ1) is 12.3. The summed E-state index contributed by atoms with van der Waals surface area (Å²) in [6.07, 6.45) is 5.60. The van der Waals surface area contributed by atoms with Crippen molar-refractivity contribution >= 4 is 16.9 Å². The summed E-state index contributed by atoms with van der Waals surface area (Å²) >= 11 is 0. The van der Waals surface area contributed by atoms with Crippen LogP contribution >= 0.6 is 0 Å². The molecule has 7 heteroatoms. The number of nitrogens with zero attached hydrogens (tertiary/aromatic N) is 5. The molecule has 0 radical (unpaired) electrons. The molecule has 0 aliphatic carbocycles. The van der Waals surface area contributed by atoms with E-state index in [9.17, 15) is 0 Å². The lowest BCUT2D eigenvalue weighted by molar-refractivity contribution is 0.377. The van der Waals surface area contributed by atoms with E-state index >= 15 is 0 Å². The van der Waals surface area contributed by atoms with Crippen LogP contribution in [0.15, 0.2) is 18.6 Å². The molecule has 1 unspecified atom stereocenters. The molecule has 0 aromatic carbocycles. The Bertz CT molecular complexity index is 773. The van der Waals surface area contributed by atoms with Crippen molar-refractivity contribution in [3.63, 3.8) is 0 Å². The zero-order chi connectivity index (χ0) is 14.2. The minimum absolute atomic E-state index is 0.566. The second-order valence-electron chi connectivity index (χ2n) is 5.52. The Balaban J connectivity index is 1.48. The molecule has 4 rings (SSSR count). The van der Waals surface area contributed by atoms with Crippen LogP contribution in [0.3, 0.4) is 0 Å². The van der Waals surface area contributed by atoms with Crippen LogP contribution in [0.2, 0.25) is 0 Å². The minimum Gasteiger partial charge on any atom is -0.369 e. The summed E-state index contributed by atoms with van der Waals surface area (Å²) in [5.41, 5.74) is 0.869. The van der Waals surface area contributed by atoms with Crippen LogP contribution in [0, 0.1) is 12.8 Å². The Hall–Kier alpha value is -2.44. The molecule has 3 aromatic rings. The molecule has 0 saturated carbocycles. The lowest BCUT2D eigenvalue weighted by atomic mass is 9.99. The lowest BCUT2D eigenvalue weighted by Gasteiger charge is -2.24. The number of aromatic amines is 1. The van der Waals surface area contributed by atoms with Gasteiger partial charge in [-0.1, -0.05) is 0 Å². The summed E-state index contributed by atoms with van der Waals surface area (Å²) in [4.78, 5) is 11.6. The largest absolute Gasteiger partial charge is 0.369 e. The second kappa shape index (κ2) is 4.83. The maximum atomic E-state index is 4.34. The highest BCUT2D eigenvalue weighted by Gasteiger charge is 2.21. The molecule has 108 valence electrons. The van der Waals surface area contributed by atoms with Gasteiger partial charge in [-0.3, -0.25) is 0 Å². The maximum absolute atomic E-state index is 4.34. The van der Waals surface area contributed by atoms with Crippen molar-refractivity contribution in [2.45, 2.75) is 26.3 Å². The third kappa shape index (κ3) is 2.14. The molecule has 1 aliphatic rings. The van der Waals surface area contributed by atoms with Crippen molar-refractivity contribution in [3.8, 4) is 0 Å². The van der Waals surface area contributed by atoms with E-state index in [2.05, 4.69) is 35.0 Å². The average molecular weight is 283 g/mol. The Morgan fingerprint density at radius 1 is 1.38 bits per heavy atom. The smallest absolute Gasteiger partial charge is 0.142 e. The molecule has 3 aromatic heterocycles. The molecule has 0 saturated heterocycles. The normalized spacial score (nSPS) is 17.9. The van der Waals surface area contributed by atoms with E-state index in [1.165, 1.54) is 0 Å². The Morgan fingerprint density at radius 3 is 3.29 bits per heavy atom. The Morgan fingerprint density at radius 2 is 2.33 bits per heavy atom. The maximum Gasteiger partial charge on any atom is 0.142 e. The number of hydrogen-bond acceptors (Lipinski definition) is 5. The molecular formula is C14H17N7. The first-order chi connectivity index (χ1) is 10.3. The lowest BCUT2D eigenvalue weighted by Crippen LogP contribution is -2.27. The minimum atomic E-state index is 0.566. The van der Waals surface area contributed by atoms with Crippen molar-refractivity contribution in [2.75, 3.05) is 11.9 Å². The number of H-pyrrole nitrogens is 1. The van der Waals surface area contributed by atoms with Crippen LogP contribution in [0.25, 0.3) is 11.0 Å². The van der Waals surface area contributed by atoms with E-state index in [1.807, 2.05) is 19.2 Å². The van der Waals surface area contributed by atoms with Crippen LogP contribution in [0.4, 0.5) is 5.82 Å². The van der Waals surface area contributed by atoms with Gasteiger partial charge in [0.2, 0.25) is 0 Å². The molecule has 21 heavy (non-hydrogen) atoms. The Labute approximate surface area is 121 Å². The van der Waals surface area contributed by atoms with E-state index in [1.54, 1.807) is 6.33 Å². The molecule has 1 aliphatic heterocycles. The standard InChI is InChI=1S/C14H17N7/c1-9-19-20-12-3-2-10(7-21(9)12)6-16-14-11-4-5-15-13(11)17-8-18-14/h4-5,8,10H,2-3,6-7H2,1H3,(H2,15,16,17,18). The van der Waals surface area contributed by atoms with Crippen LogP contribution in [-0.2, 0) is 13.0 Å². The number of nitrogens with one attached hydrogen (secondary N) is 2. The predicted molar refractivity (Wildman–Crippen MR) is 78.9 cm³/mol. The van der Waals surface area contributed by atoms with E-state index in [4.69, 9.17) is 0 Å². The molecule has 2 N–H and O–H groups in total. The second-order valence-corrected chi connectivity index (χ2v) is 5.52. The summed E-state index contributed by atoms with van der Waals surface area (Å²) in [7, 11) is 0. The van der Waals surface area contributed by atoms with Gasteiger partial charge in [0.25, 0.3) is 0 Å². The van der Waals surface area contributed by atoms with E-state index in [0.29, 0.717) is 5.92 Å². The number of anilines is 1. The van der Waals surface area contributed by atoms with Gasteiger partial charge in [-0.05, 0) is 25.3 Å². The van der Waals surface area contributed by atoms with Crippen molar-refractivity contribution in [1.82, 2.24) is 29.7 Å². The van der Waals surface area contributed by atoms with E-state index in [0.717, 1.165) is 54.4 Å². The zero-order valence-electron chi connectivity index (χ0n) is 11.9. The third-order valence-corrected chi connectivity index (χ3v) is 4.14. The third-order valence-electron chi connectivity index (χ3n) is 4.14. The highest BCUT2D eigenvalue weighted by Crippen LogP contribution is 2.22. The number of hydrogen-bond donors (Lipinski definition) is 2. The van der Waals surface area contributed by atoms with Gasteiger partial charge < -0.3 is 14.9 Å². The predicted octanol–water partition coefficient (Wildman–Crippen LogP) is 1.53. The summed E-state index contributed by atoms with van der Waals surface area (Å²) in [5.74, 6) is 3.58. The van der Waals surface area contributed by atoms with Crippen molar-refractivity contribution in [1.29, 1.82) is 0 Å². The highest BCUT2D eigenvalue weighted by molar-refractivity contribution is 5.86. The van der Waals surface area contributed by atoms with Crippen LogP contribution in [0.5, 0.6) is 0 Å².